The van der Waals surface area contributed by atoms with Crippen molar-refractivity contribution in [3.8, 4) is 0 Å². The first-order valence-corrected chi connectivity index (χ1v) is 9.86. The maximum absolute atomic E-state index is 5.52. The molecule has 0 aliphatic heterocycles. The molecule has 0 atom stereocenters. The fourth-order valence-electron chi connectivity index (χ4n) is 3.09. The van der Waals surface area contributed by atoms with Gasteiger partial charge in [0.2, 0.25) is 0 Å². The van der Waals surface area contributed by atoms with Crippen LogP contribution in [0.4, 0.5) is 0 Å². The molecule has 4 rings (SSSR count). The van der Waals surface area contributed by atoms with E-state index in [2.05, 4.69) is 38.0 Å². The van der Waals surface area contributed by atoms with Crippen molar-refractivity contribution in [2.45, 2.75) is 32.9 Å². The quantitative estimate of drug-likeness (QED) is 0.248. The van der Waals surface area contributed by atoms with Crippen LogP contribution in [0.15, 0.2) is 72.3 Å². The van der Waals surface area contributed by atoms with E-state index in [0.29, 0.717) is 19.7 Å². The molecule has 0 bridgehead atoms. The minimum Gasteiger partial charge on any atom is -0.396 e. The molecular weight excluding hydrogens is 364 g/mol. The van der Waals surface area contributed by atoms with Crippen LogP contribution in [0.5, 0.6) is 0 Å². The molecule has 0 aliphatic rings. The lowest BCUT2D eigenvalue weighted by Gasteiger charge is -2.07. The van der Waals surface area contributed by atoms with Crippen molar-refractivity contribution in [2.24, 2.45) is 5.16 Å². The van der Waals surface area contributed by atoms with Crippen molar-refractivity contribution in [1.29, 1.82) is 0 Å². The summed E-state index contributed by atoms with van der Waals surface area (Å²) >= 11 is 0. The zero-order valence-corrected chi connectivity index (χ0v) is 16.5. The number of fused-ring (bicyclic) bond motifs is 1. The number of nitrogens with zero attached hydrogens (tertiary/aromatic N) is 6. The Kier molecular flexibility index (Phi) is 5.95. The van der Waals surface area contributed by atoms with Crippen LogP contribution in [0.1, 0.15) is 31.0 Å². The molecular formula is C22H24N6O. The second kappa shape index (κ2) is 9.14. The van der Waals surface area contributed by atoms with Gasteiger partial charge in [-0.05, 0) is 18.6 Å². The number of hydrogen-bond donors (Lipinski definition) is 0. The van der Waals surface area contributed by atoms with Gasteiger partial charge in [-0.3, -0.25) is 0 Å². The molecule has 0 fully saturated rings. The molecule has 2 aromatic carbocycles. The van der Waals surface area contributed by atoms with Gasteiger partial charge < -0.3 is 9.40 Å². The number of para-hydroxylation sites is 2. The molecule has 0 unspecified atom stereocenters. The Morgan fingerprint density at radius 1 is 1.07 bits per heavy atom. The van der Waals surface area contributed by atoms with Crippen LogP contribution >= 0.6 is 0 Å². The highest BCUT2D eigenvalue weighted by Crippen LogP contribution is 2.13. The molecule has 148 valence electrons. The third kappa shape index (κ3) is 4.68. The van der Waals surface area contributed by atoms with Crippen LogP contribution in [-0.2, 0) is 17.9 Å². The van der Waals surface area contributed by atoms with Crippen LogP contribution in [-0.4, -0.2) is 36.9 Å². The van der Waals surface area contributed by atoms with E-state index in [0.717, 1.165) is 40.8 Å². The Balaban J connectivity index is 1.49. The van der Waals surface area contributed by atoms with E-state index in [-0.39, 0.29) is 0 Å². The maximum Gasteiger partial charge on any atom is 0.117 e. The van der Waals surface area contributed by atoms with Crippen molar-refractivity contribution >= 4 is 16.7 Å². The number of imidazole rings is 1. The largest absolute Gasteiger partial charge is 0.396 e. The average Bonchev–Trinajstić information content (AvgIpc) is 3.38. The lowest BCUT2D eigenvalue weighted by atomic mass is 10.1. The van der Waals surface area contributed by atoms with Crippen molar-refractivity contribution in [1.82, 2.24) is 24.5 Å². The Morgan fingerprint density at radius 2 is 1.90 bits per heavy atom. The van der Waals surface area contributed by atoms with Gasteiger partial charge in [0.05, 0.1) is 36.6 Å². The summed E-state index contributed by atoms with van der Waals surface area (Å²) < 4.78 is 3.87. The normalized spacial score (nSPS) is 11.8. The predicted molar refractivity (Wildman–Crippen MR) is 113 cm³/mol. The highest BCUT2D eigenvalue weighted by atomic mass is 16.6. The zero-order valence-electron chi connectivity index (χ0n) is 16.5. The third-order valence-electron chi connectivity index (χ3n) is 4.63. The summed E-state index contributed by atoms with van der Waals surface area (Å²) in [7, 11) is 0. The predicted octanol–water partition coefficient (Wildman–Crippen LogP) is 3.90. The van der Waals surface area contributed by atoms with Crippen molar-refractivity contribution in [3.05, 3.63) is 78.4 Å². The van der Waals surface area contributed by atoms with Crippen LogP contribution < -0.4 is 0 Å². The fraction of sp³-hybridized carbons (Fsp3) is 0.273. The Labute approximate surface area is 169 Å². The molecule has 0 aliphatic carbocycles. The van der Waals surface area contributed by atoms with E-state index in [4.69, 9.17) is 4.84 Å². The molecule has 7 nitrogen and oxygen atoms in total. The van der Waals surface area contributed by atoms with Crippen LogP contribution in [0.25, 0.3) is 11.0 Å². The summed E-state index contributed by atoms with van der Waals surface area (Å²) in [6.07, 6.45) is 5.84. The Hall–Kier alpha value is -3.48. The highest BCUT2D eigenvalue weighted by molar-refractivity contribution is 5.99. The van der Waals surface area contributed by atoms with E-state index in [1.54, 1.807) is 4.68 Å². The first-order chi connectivity index (χ1) is 14.3. The monoisotopic (exact) mass is 388 g/mol. The zero-order chi connectivity index (χ0) is 19.9. The molecule has 0 spiro atoms. The van der Waals surface area contributed by atoms with Gasteiger partial charge in [-0.1, -0.05) is 66.2 Å². The van der Waals surface area contributed by atoms with Gasteiger partial charge in [-0.15, -0.1) is 5.10 Å². The highest BCUT2D eigenvalue weighted by Gasteiger charge is 2.10. The molecule has 0 radical (unpaired) electrons. The van der Waals surface area contributed by atoms with Crippen LogP contribution in [0, 0.1) is 0 Å². The lowest BCUT2D eigenvalue weighted by Crippen LogP contribution is -2.13. The number of aromatic nitrogens is 5. The van der Waals surface area contributed by atoms with Gasteiger partial charge in [0.1, 0.15) is 18.0 Å². The Morgan fingerprint density at radius 3 is 2.76 bits per heavy atom. The summed E-state index contributed by atoms with van der Waals surface area (Å²) in [4.78, 5) is 9.95. The Bertz CT molecular complexity index is 1080. The smallest absolute Gasteiger partial charge is 0.117 e. The third-order valence-corrected chi connectivity index (χ3v) is 4.63. The summed E-state index contributed by atoms with van der Waals surface area (Å²) in [5.41, 5.74) is 4.76. The van der Waals surface area contributed by atoms with Gasteiger partial charge in [-0.25, -0.2) is 9.67 Å². The molecule has 2 aromatic heterocycles. The van der Waals surface area contributed by atoms with Crippen LogP contribution in [0.2, 0.25) is 0 Å². The summed E-state index contributed by atoms with van der Waals surface area (Å²) in [6.45, 7) is 3.86. The first-order valence-electron chi connectivity index (χ1n) is 9.86. The fourth-order valence-corrected chi connectivity index (χ4v) is 3.09. The van der Waals surface area contributed by atoms with E-state index in [1.165, 1.54) is 0 Å². The molecule has 4 aromatic rings. The molecule has 7 heteroatoms. The van der Waals surface area contributed by atoms with Gasteiger partial charge in [-0.2, -0.15) is 0 Å². The minimum atomic E-state index is 0.494. The lowest BCUT2D eigenvalue weighted by molar-refractivity contribution is 0.140. The molecule has 29 heavy (non-hydrogen) atoms. The van der Waals surface area contributed by atoms with E-state index in [9.17, 15) is 0 Å². The average molecular weight is 388 g/mol. The number of unbranched alkanes of at least 4 members (excludes halogenated alkanes) is 1. The summed E-state index contributed by atoms with van der Waals surface area (Å²) in [5.74, 6) is 0. The minimum absolute atomic E-state index is 0.494. The van der Waals surface area contributed by atoms with Gasteiger partial charge >= 0.3 is 0 Å². The molecule has 0 amide bonds. The summed E-state index contributed by atoms with van der Waals surface area (Å²) in [6, 6.07) is 18.1. The molecule has 0 saturated carbocycles. The van der Waals surface area contributed by atoms with Crippen molar-refractivity contribution in [3.63, 3.8) is 0 Å². The number of benzene rings is 2. The van der Waals surface area contributed by atoms with E-state index >= 15 is 0 Å². The van der Waals surface area contributed by atoms with Crippen LogP contribution in [0.3, 0.4) is 0 Å². The second-order valence-corrected chi connectivity index (χ2v) is 6.86. The molecule has 0 N–H and O–H groups in total. The standard InChI is InChI=1S/C22H24N6O/c1-2-3-13-29-25-21(18-9-5-4-6-10-18)16-28-15-19(24-26-28)14-27-17-23-20-11-7-8-12-22(20)27/h4-12,15,17H,2-3,13-14,16H2,1H3/b25-21+. The topological polar surface area (TPSA) is 70.1 Å². The number of oxime groups is 1. The molecule has 2 heterocycles. The second-order valence-electron chi connectivity index (χ2n) is 6.86. The maximum atomic E-state index is 5.52. The summed E-state index contributed by atoms with van der Waals surface area (Å²) in [5, 5.41) is 13.0. The van der Waals surface area contributed by atoms with Gasteiger partial charge in [0.15, 0.2) is 0 Å². The van der Waals surface area contributed by atoms with E-state index in [1.807, 2.05) is 61.1 Å². The van der Waals surface area contributed by atoms with Gasteiger partial charge in [0.25, 0.3) is 0 Å². The SMILES string of the molecule is CCCCO/N=C(\Cn1cc(Cn2cnc3ccccc32)nn1)c1ccccc1. The number of rotatable bonds is 9. The van der Waals surface area contributed by atoms with Crippen molar-refractivity contribution in [2.75, 3.05) is 6.61 Å². The van der Waals surface area contributed by atoms with Gasteiger partial charge in [0, 0.05) is 5.56 Å². The van der Waals surface area contributed by atoms with Crippen molar-refractivity contribution < 1.29 is 4.84 Å². The molecule has 0 saturated heterocycles. The first kappa shape index (κ1) is 18.9. The van der Waals surface area contributed by atoms with E-state index < -0.39 is 0 Å². The number of hydrogen-bond acceptors (Lipinski definition) is 5.